The van der Waals surface area contributed by atoms with Crippen LogP contribution in [0.25, 0.3) is 12.2 Å². The maximum absolute atomic E-state index is 13.7. The van der Waals surface area contributed by atoms with Crippen LogP contribution >= 0.6 is 11.8 Å². The van der Waals surface area contributed by atoms with Gasteiger partial charge in [-0.3, -0.25) is 5.10 Å². The van der Waals surface area contributed by atoms with Gasteiger partial charge in [-0.1, -0.05) is 30.0 Å². The van der Waals surface area contributed by atoms with Gasteiger partial charge in [-0.2, -0.15) is 5.26 Å². The largest absolute Gasteiger partial charge is 0.259 e. The molecule has 25 heavy (non-hydrogen) atoms. The summed E-state index contributed by atoms with van der Waals surface area (Å²) in [5, 5.41) is 16.2. The van der Waals surface area contributed by atoms with E-state index in [0.717, 1.165) is 5.56 Å². The van der Waals surface area contributed by atoms with E-state index in [9.17, 15) is 8.78 Å². The lowest BCUT2D eigenvalue weighted by Crippen LogP contribution is -1.90. The molecule has 3 rings (SSSR count). The van der Waals surface area contributed by atoms with Crippen LogP contribution in [0, 0.1) is 23.0 Å². The second-order valence-corrected chi connectivity index (χ2v) is 6.04. The first-order valence-electron chi connectivity index (χ1n) is 7.31. The standard InChI is InChI=1S/C18H12F2N4S/c19-15-5-1-12(2-6-15)4-8-17-22-18(24-23-17)25-11-14-9-13(10-21)3-7-16(14)20/h1-9H,11H2,(H,22,23,24). The SMILES string of the molecule is N#Cc1ccc(F)c(CSc2n[nH]c(C=Cc3ccc(F)cc3)n2)c1. The topological polar surface area (TPSA) is 65.4 Å². The molecule has 1 aromatic heterocycles. The third kappa shape index (κ3) is 4.52. The minimum Gasteiger partial charge on any atom is -0.259 e. The minimum absolute atomic E-state index is 0.289. The van der Waals surface area contributed by atoms with Crippen molar-refractivity contribution in [3.05, 3.63) is 76.6 Å². The van der Waals surface area contributed by atoms with Gasteiger partial charge in [-0.15, -0.1) is 5.10 Å². The van der Waals surface area contributed by atoms with E-state index in [2.05, 4.69) is 15.2 Å². The Bertz CT molecular complexity index is 942. The van der Waals surface area contributed by atoms with Crippen molar-refractivity contribution in [2.24, 2.45) is 0 Å². The van der Waals surface area contributed by atoms with Crippen molar-refractivity contribution in [3.63, 3.8) is 0 Å². The minimum atomic E-state index is -0.363. The third-order valence-electron chi connectivity index (χ3n) is 3.32. The predicted molar refractivity (Wildman–Crippen MR) is 92.4 cm³/mol. The zero-order chi connectivity index (χ0) is 17.6. The van der Waals surface area contributed by atoms with Gasteiger partial charge < -0.3 is 0 Å². The number of benzene rings is 2. The van der Waals surface area contributed by atoms with Crippen LogP contribution in [0.15, 0.2) is 47.6 Å². The molecule has 3 aromatic rings. The summed E-state index contributed by atoms with van der Waals surface area (Å²) in [6, 6.07) is 12.3. The normalized spacial score (nSPS) is 10.9. The molecule has 0 bridgehead atoms. The number of thioether (sulfide) groups is 1. The average molecular weight is 354 g/mol. The van der Waals surface area contributed by atoms with Crippen LogP contribution in [-0.4, -0.2) is 15.2 Å². The number of hydrogen-bond donors (Lipinski definition) is 1. The number of rotatable bonds is 5. The van der Waals surface area contributed by atoms with E-state index in [0.29, 0.717) is 27.9 Å². The van der Waals surface area contributed by atoms with E-state index in [4.69, 9.17) is 5.26 Å². The summed E-state index contributed by atoms with van der Waals surface area (Å²) in [6.45, 7) is 0. The maximum atomic E-state index is 13.7. The molecule has 2 aromatic carbocycles. The second kappa shape index (κ2) is 7.73. The average Bonchev–Trinajstić information content (AvgIpc) is 3.08. The summed E-state index contributed by atoms with van der Waals surface area (Å²) in [4.78, 5) is 4.28. The lowest BCUT2D eigenvalue weighted by molar-refractivity contribution is 0.617. The summed E-state index contributed by atoms with van der Waals surface area (Å²) in [5.74, 6) is 0.208. The molecule has 0 aliphatic rings. The molecule has 124 valence electrons. The Kier molecular flexibility index (Phi) is 5.21. The molecule has 0 saturated heterocycles. The number of hydrogen-bond acceptors (Lipinski definition) is 4. The molecule has 0 fully saturated rings. The Morgan fingerprint density at radius 2 is 1.92 bits per heavy atom. The van der Waals surface area contributed by atoms with Crippen LogP contribution in [0.5, 0.6) is 0 Å². The van der Waals surface area contributed by atoms with Crippen molar-refractivity contribution >= 4 is 23.9 Å². The molecule has 0 unspecified atom stereocenters. The zero-order valence-electron chi connectivity index (χ0n) is 12.9. The van der Waals surface area contributed by atoms with Gasteiger partial charge in [0, 0.05) is 5.75 Å². The third-order valence-corrected chi connectivity index (χ3v) is 4.21. The highest BCUT2D eigenvalue weighted by Crippen LogP contribution is 2.22. The lowest BCUT2D eigenvalue weighted by Gasteiger charge is -2.01. The molecule has 0 saturated carbocycles. The van der Waals surface area contributed by atoms with Crippen LogP contribution in [0.2, 0.25) is 0 Å². The summed E-state index contributed by atoms with van der Waals surface area (Å²) in [7, 11) is 0. The highest BCUT2D eigenvalue weighted by atomic mass is 32.2. The van der Waals surface area contributed by atoms with Gasteiger partial charge >= 0.3 is 0 Å². The zero-order valence-corrected chi connectivity index (χ0v) is 13.7. The highest BCUT2D eigenvalue weighted by Gasteiger charge is 2.07. The van der Waals surface area contributed by atoms with Gasteiger partial charge in [0.05, 0.1) is 11.6 Å². The fourth-order valence-electron chi connectivity index (χ4n) is 2.04. The molecule has 4 nitrogen and oxygen atoms in total. The number of aromatic amines is 1. The van der Waals surface area contributed by atoms with Crippen LogP contribution in [0.1, 0.15) is 22.5 Å². The first kappa shape index (κ1) is 16.9. The van der Waals surface area contributed by atoms with Gasteiger partial charge in [0.15, 0.2) is 0 Å². The van der Waals surface area contributed by atoms with E-state index in [-0.39, 0.29) is 11.6 Å². The fraction of sp³-hybridized carbons (Fsp3) is 0.0556. The maximum Gasteiger partial charge on any atom is 0.209 e. The fourth-order valence-corrected chi connectivity index (χ4v) is 2.82. The van der Waals surface area contributed by atoms with E-state index in [1.54, 1.807) is 24.3 Å². The van der Waals surface area contributed by atoms with E-state index in [1.165, 1.54) is 42.1 Å². The number of nitriles is 1. The summed E-state index contributed by atoms with van der Waals surface area (Å²) < 4.78 is 26.6. The van der Waals surface area contributed by atoms with E-state index in [1.807, 2.05) is 6.07 Å². The van der Waals surface area contributed by atoms with Crippen molar-refractivity contribution in [1.82, 2.24) is 15.2 Å². The summed E-state index contributed by atoms with van der Waals surface area (Å²) in [5.41, 5.74) is 1.68. The predicted octanol–water partition coefficient (Wildman–Crippen LogP) is 4.42. The van der Waals surface area contributed by atoms with E-state index < -0.39 is 0 Å². The van der Waals surface area contributed by atoms with E-state index >= 15 is 0 Å². The Balaban J connectivity index is 1.64. The quantitative estimate of drug-likeness (QED) is 0.689. The Labute approximate surface area is 147 Å². The number of nitrogens with one attached hydrogen (secondary N) is 1. The highest BCUT2D eigenvalue weighted by molar-refractivity contribution is 7.98. The molecule has 1 heterocycles. The van der Waals surface area contributed by atoms with Crippen LogP contribution < -0.4 is 0 Å². The molecule has 0 atom stereocenters. The summed E-state index contributed by atoms with van der Waals surface area (Å²) in [6.07, 6.45) is 3.51. The molecule has 1 N–H and O–H groups in total. The van der Waals surface area contributed by atoms with Gasteiger partial charge in [0.2, 0.25) is 5.16 Å². The van der Waals surface area contributed by atoms with Crippen LogP contribution in [-0.2, 0) is 5.75 Å². The molecule has 0 aliphatic carbocycles. The molecule has 0 radical (unpaired) electrons. The number of H-pyrrole nitrogens is 1. The monoisotopic (exact) mass is 354 g/mol. The molecule has 0 aliphatic heterocycles. The van der Waals surface area contributed by atoms with Gasteiger partial charge in [-0.25, -0.2) is 13.8 Å². The molecule has 0 spiro atoms. The Morgan fingerprint density at radius 3 is 2.68 bits per heavy atom. The smallest absolute Gasteiger partial charge is 0.209 e. The number of aromatic nitrogens is 3. The van der Waals surface area contributed by atoms with Crippen LogP contribution in [0.4, 0.5) is 8.78 Å². The molecular formula is C18H12F2N4S. The van der Waals surface area contributed by atoms with Crippen molar-refractivity contribution in [1.29, 1.82) is 5.26 Å². The van der Waals surface area contributed by atoms with Gasteiger partial charge in [-0.05, 0) is 47.5 Å². The van der Waals surface area contributed by atoms with Gasteiger partial charge in [0.25, 0.3) is 0 Å². The van der Waals surface area contributed by atoms with Crippen molar-refractivity contribution in [3.8, 4) is 6.07 Å². The lowest BCUT2D eigenvalue weighted by atomic mass is 10.1. The van der Waals surface area contributed by atoms with Gasteiger partial charge in [0.1, 0.15) is 17.5 Å². The number of nitrogens with zero attached hydrogens (tertiary/aromatic N) is 3. The first-order chi connectivity index (χ1) is 12.1. The first-order valence-corrected chi connectivity index (χ1v) is 8.30. The Hall–Kier alpha value is -2.98. The van der Waals surface area contributed by atoms with Crippen molar-refractivity contribution < 1.29 is 8.78 Å². The summed E-state index contributed by atoms with van der Waals surface area (Å²) >= 11 is 1.26. The van der Waals surface area contributed by atoms with Crippen molar-refractivity contribution in [2.75, 3.05) is 0 Å². The molecule has 7 heteroatoms. The second-order valence-electron chi connectivity index (χ2n) is 5.09. The molecule has 0 amide bonds. The number of halogens is 2. The Morgan fingerprint density at radius 1 is 1.12 bits per heavy atom. The van der Waals surface area contributed by atoms with Crippen molar-refractivity contribution in [2.45, 2.75) is 10.9 Å². The molecular weight excluding hydrogens is 342 g/mol. The van der Waals surface area contributed by atoms with Crippen LogP contribution in [0.3, 0.4) is 0 Å².